The standard InChI is InChI=1S/C21H33N5O/c1-6-12-27-15-19-11-9-8-10-18(19)13-23-21(22-7-2)24-14-20-16(3)25-26(5)17(20)4/h8-11H,6-7,12-15H2,1-5H3,(H2,22,23,24). The number of hydrogen-bond acceptors (Lipinski definition) is 3. The third-order valence-corrected chi connectivity index (χ3v) is 4.57. The molecule has 0 aliphatic rings. The zero-order chi connectivity index (χ0) is 19.6. The maximum atomic E-state index is 5.71. The molecule has 2 aromatic rings. The molecule has 0 saturated carbocycles. The zero-order valence-corrected chi connectivity index (χ0v) is 17.3. The Morgan fingerprint density at radius 3 is 2.52 bits per heavy atom. The fourth-order valence-electron chi connectivity index (χ4n) is 2.93. The summed E-state index contributed by atoms with van der Waals surface area (Å²) in [6.45, 7) is 11.9. The molecule has 0 amide bonds. The number of nitrogens with one attached hydrogen (secondary N) is 2. The first kappa shape index (κ1) is 21.0. The second kappa shape index (κ2) is 10.7. The van der Waals surface area contributed by atoms with Crippen molar-refractivity contribution >= 4 is 5.96 Å². The number of guanidine groups is 1. The lowest BCUT2D eigenvalue weighted by Crippen LogP contribution is -2.37. The van der Waals surface area contributed by atoms with E-state index in [9.17, 15) is 0 Å². The average Bonchev–Trinajstić information content (AvgIpc) is 2.90. The Labute approximate surface area is 163 Å². The molecule has 0 bridgehead atoms. The molecule has 0 spiro atoms. The molecule has 0 aliphatic carbocycles. The molecule has 0 radical (unpaired) electrons. The molecular formula is C21H33N5O. The van der Waals surface area contributed by atoms with Crippen LogP contribution in [0.5, 0.6) is 0 Å². The highest BCUT2D eigenvalue weighted by Crippen LogP contribution is 2.13. The number of hydrogen-bond donors (Lipinski definition) is 2. The second-order valence-corrected chi connectivity index (χ2v) is 6.64. The fourth-order valence-corrected chi connectivity index (χ4v) is 2.93. The van der Waals surface area contributed by atoms with Crippen LogP contribution >= 0.6 is 0 Å². The Balaban J connectivity index is 2.05. The van der Waals surface area contributed by atoms with Crippen LogP contribution in [0.3, 0.4) is 0 Å². The van der Waals surface area contributed by atoms with Crippen molar-refractivity contribution in [2.45, 2.75) is 53.8 Å². The maximum Gasteiger partial charge on any atom is 0.191 e. The third-order valence-electron chi connectivity index (χ3n) is 4.57. The number of nitrogens with zero attached hydrogens (tertiary/aromatic N) is 3. The first-order chi connectivity index (χ1) is 13.1. The molecule has 27 heavy (non-hydrogen) atoms. The van der Waals surface area contributed by atoms with E-state index in [4.69, 9.17) is 9.73 Å². The highest BCUT2D eigenvalue weighted by Gasteiger charge is 2.10. The van der Waals surface area contributed by atoms with Crippen LogP contribution in [0.4, 0.5) is 0 Å². The van der Waals surface area contributed by atoms with Crippen LogP contribution in [0.25, 0.3) is 0 Å². The summed E-state index contributed by atoms with van der Waals surface area (Å²) >= 11 is 0. The van der Waals surface area contributed by atoms with E-state index >= 15 is 0 Å². The van der Waals surface area contributed by atoms with Gasteiger partial charge in [-0.1, -0.05) is 31.2 Å². The van der Waals surface area contributed by atoms with E-state index < -0.39 is 0 Å². The van der Waals surface area contributed by atoms with Crippen LogP contribution < -0.4 is 10.6 Å². The van der Waals surface area contributed by atoms with Crippen LogP contribution in [0.1, 0.15) is 48.3 Å². The first-order valence-corrected chi connectivity index (χ1v) is 9.72. The molecule has 2 N–H and O–H groups in total. The van der Waals surface area contributed by atoms with E-state index in [1.54, 1.807) is 0 Å². The minimum absolute atomic E-state index is 0.617. The highest BCUT2D eigenvalue weighted by atomic mass is 16.5. The lowest BCUT2D eigenvalue weighted by Gasteiger charge is -2.13. The molecule has 6 heteroatoms. The van der Waals surface area contributed by atoms with Crippen LogP contribution in [0.2, 0.25) is 0 Å². The van der Waals surface area contributed by atoms with Crippen molar-refractivity contribution < 1.29 is 4.74 Å². The Kier molecular flexibility index (Phi) is 8.33. The molecule has 1 aromatic carbocycles. The van der Waals surface area contributed by atoms with Gasteiger partial charge in [0.1, 0.15) is 0 Å². The number of aryl methyl sites for hydroxylation is 2. The third kappa shape index (κ3) is 6.10. The van der Waals surface area contributed by atoms with Gasteiger partial charge in [0.05, 0.1) is 18.8 Å². The van der Waals surface area contributed by atoms with Crippen molar-refractivity contribution in [3.05, 3.63) is 52.3 Å². The number of ether oxygens (including phenoxy) is 1. The van der Waals surface area contributed by atoms with Crippen LogP contribution in [-0.4, -0.2) is 28.9 Å². The molecule has 1 heterocycles. The maximum absolute atomic E-state index is 5.71. The van der Waals surface area contributed by atoms with Crippen molar-refractivity contribution in [2.75, 3.05) is 13.2 Å². The molecule has 0 atom stereocenters. The smallest absolute Gasteiger partial charge is 0.191 e. The van der Waals surface area contributed by atoms with Crippen LogP contribution in [-0.2, 0) is 31.5 Å². The van der Waals surface area contributed by atoms with E-state index in [0.717, 1.165) is 31.2 Å². The van der Waals surface area contributed by atoms with Gasteiger partial charge in [0, 0.05) is 38.0 Å². The number of aliphatic imine (C=N–C) groups is 1. The van der Waals surface area contributed by atoms with Gasteiger partial charge in [-0.2, -0.15) is 5.10 Å². The molecule has 148 valence electrons. The number of benzene rings is 1. The van der Waals surface area contributed by atoms with Gasteiger partial charge in [-0.05, 0) is 38.3 Å². The van der Waals surface area contributed by atoms with Gasteiger partial charge in [-0.3, -0.25) is 4.68 Å². The quantitative estimate of drug-likeness (QED) is 0.404. The van der Waals surface area contributed by atoms with Gasteiger partial charge >= 0.3 is 0 Å². The first-order valence-electron chi connectivity index (χ1n) is 9.72. The SMILES string of the molecule is CCCOCc1ccccc1CN=C(NCC)NCc1c(C)nn(C)c1C. The Morgan fingerprint density at radius 2 is 1.89 bits per heavy atom. The summed E-state index contributed by atoms with van der Waals surface area (Å²) in [7, 11) is 1.97. The Morgan fingerprint density at radius 1 is 1.15 bits per heavy atom. The van der Waals surface area contributed by atoms with Crippen molar-refractivity contribution in [2.24, 2.45) is 12.0 Å². The van der Waals surface area contributed by atoms with Crippen LogP contribution in [0.15, 0.2) is 29.3 Å². The van der Waals surface area contributed by atoms with E-state index in [0.29, 0.717) is 19.7 Å². The number of aromatic nitrogens is 2. The zero-order valence-electron chi connectivity index (χ0n) is 17.3. The minimum Gasteiger partial charge on any atom is -0.377 e. The molecule has 1 aromatic heterocycles. The van der Waals surface area contributed by atoms with Gasteiger partial charge < -0.3 is 15.4 Å². The molecule has 6 nitrogen and oxygen atoms in total. The normalized spacial score (nSPS) is 11.7. The highest BCUT2D eigenvalue weighted by molar-refractivity contribution is 5.79. The monoisotopic (exact) mass is 371 g/mol. The lowest BCUT2D eigenvalue weighted by atomic mass is 10.1. The van der Waals surface area contributed by atoms with Gasteiger partial charge in [-0.25, -0.2) is 4.99 Å². The Bertz CT molecular complexity index is 751. The van der Waals surface area contributed by atoms with Gasteiger partial charge in [0.15, 0.2) is 5.96 Å². The van der Waals surface area contributed by atoms with Crippen molar-refractivity contribution in [3.63, 3.8) is 0 Å². The largest absolute Gasteiger partial charge is 0.377 e. The summed E-state index contributed by atoms with van der Waals surface area (Å²) < 4.78 is 7.63. The summed E-state index contributed by atoms with van der Waals surface area (Å²) in [4.78, 5) is 4.77. The predicted molar refractivity (Wildman–Crippen MR) is 111 cm³/mol. The molecule has 0 saturated heterocycles. The van der Waals surface area contributed by atoms with Gasteiger partial charge in [0.25, 0.3) is 0 Å². The number of rotatable bonds is 9. The Hall–Kier alpha value is -2.34. The summed E-state index contributed by atoms with van der Waals surface area (Å²) in [5.74, 6) is 0.810. The molecular weight excluding hydrogens is 338 g/mol. The topological polar surface area (TPSA) is 63.5 Å². The molecule has 0 unspecified atom stereocenters. The summed E-state index contributed by atoms with van der Waals surface area (Å²) in [5, 5.41) is 11.2. The summed E-state index contributed by atoms with van der Waals surface area (Å²) in [5.41, 5.74) is 5.84. The van der Waals surface area contributed by atoms with E-state index in [1.165, 1.54) is 22.4 Å². The van der Waals surface area contributed by atoms with Crippen molar-refractivity contribution in [3.8, 4) is 0 Å². The summed E-state index contributed by atoms with van der Waals surface area (Å²) in [6.07, 6.45) is 1.03. The van der Waals surface area contributed by atoms with E-state index in [1.807, 2.05) is 18.7 Å². The lowest BCUT2D eigenvalue weighted by molar-refractivity contribution is 0.121. The molecule has 0 fully saturated rings. The fraction of sp³-hybridized carbons (Fsp3) is 0.524. The molecule has 2 rings (SSSR count). The van der Waals surface area contributed by atoms with Crippen molar-refractivity contribution in [1.29, 1.82) is 0 Å². The predicted octanol–water partition coefficient (Wildman–Crippen LogP) is 3.22. The van der Waals surface area contributed by atoms with Crippen LogP contribution in [0, 0.1) is 13.8 Å². The summed E-state index contributed by atoms with van der Waals surface area (Å²) in [6, 6.07) is 8.34. The second-order valence-electron chi connectivity index (χ2n) is 6.64. The van der Waals surface area contributed by atoms with Crippen molar-refractivity contribution in [1.82, 2.24) is 20.4 Å². The van der Waals surface area contributed by atoms with Gasteiger partial charge in [-0.15, -0.1) is 0 Å². The van der Waals surface area contributed by atoms with E-state index in [2.05, 4.69) is 60.8 Å². The molecule has 0 aliphatic heterocycles. The minimum atomic E-state index is 0.617. The van der Waals surface area contributed by atoms with Gasteiger partial charge in [0.2, 0.25) is 0 Å². The average molecular weight is 372 g/mol. The van der Waals surface area contributed by atoms with E-state index in [-0.39, 0.29) is 0 Å².